The number of amides is 2. The van der Waals surface area contributed by atoms with Crippen molar-refractivity contribution < 1.29 is 14.7 Å². The van der Waals surface area contributed by atoms with Crippen LogP contribution in [-0.2, 0) is 13.0 Å². The van der Waals surface area contributed by atoms with Crippen molar-refractivity contribution in [2.24, 2.45) is 0 Å². The van der Waals surface area contributed by atoms with Crippen molar-refractivity contribution in [1.29, 1.82) is 0 Å². The predicted molar refractivity (Wildman–Crippen MR) is 79.5 cm³/mol. The van der Waals surface area contributed by atoms with E-state index in [1.54, 1.807) is 30.5 Å². The molecule has 0 aliphatic rings. The number of nitrogens with zero attached hydrogens (tertiary/aromatic N) is 1. The average molecular weight is 305 g/mol. The number of hydrogen-bond acceptors (Lipinski definition) is 4. The predicted octanol–water partition coefficient (Wildman–Crippen LogP) is 1.88. The Labute approximate surface area is 125 Å². The number of nitrogens with one attached hydrogen (secondary N) is 2. The van der Waals surface area contributed by atoms with Crippen molar-refractivity contribution in [3.63, 3.8) is 0 Å². The zero-order chi connectivity index (χ0) is 15.1. The minimum Gasteiger partial charge on any atom is -0.478 e. The van der Waals surface area contributed by atoms with Crippen LogP contribution in [-0.4, -0.2) is 28.6 Å². The molecule has 2 amide bonds. The molecule has 2 aromatic rings. The number of carbonyl (C=O) groups excluding carboxylic acids is 1. The molecular formula is C14H15N3O3S. The first kappa shape index (κ1) is 15.0. The molecule has 1 aromatic heterocycles. The Morgan fingerprint density at radius 2 is 2.05 bits per heavy atom. The zero-order valence-electron chi connectivity index (χ0n) is 11.2. The van der Waals surface area contributed by atoms with Gasteiger partial charge in [-0.3, -0.25) is 0 Å². The van der Waals surface area contributed by atoms with E-state index in [-0.39, 0.29) is 11.6 Å². The van der Waals surface area contributed by atoms with Gasteiger partial charge in [-0.25, -0.2) is 14.6 Å². The summed E-state index contributed by atoms with van der Waals surface area (Å²) in [6.07, 6.45) is 2.15. The van der Waals surface area contributed by atoms with E-state index in [1.807, 2.05) is 5.38 Å². The third-order valence-electron chi connectivity index (χ3n) is 2.81. The smallest absolute Gasteiger partial charge is 0.335 e. The highest BCUT2D eigenvalue weighted by Crippen LogP contribution is 2.09. The molecule has 0 unspecified atom stereocenters. The van der Waals surface area contributed by atoms with Crippen LogP contribution >= 0.6 is 11.3 Å². The third kappa shape index (κ3) is 4.57. The largest absolute Gasteiger partial charge is 0.478 e. The van der Waals surface area contributed by atoms with Crippen LogP contribution in [0.2, 0.25) is 0 Å². The molecule has 0 radical (unpaired) electrons. The highest BCUT2D eigenvalue weighted by Gasteiger charge is 2.09. The summed E-state index contributed by atoms with van der Waals surface area (Å²) in [5.74, 6) is -0.959. The van der Waals surface area contributed by atoms with E-state index < -0.39 is 5.97 Å². The lowest BCUT2D eigenvalue weighted by Gasteiger charge is -2.08. The van der Waals surface area contributed by atoms with E-state index in [1.165, 1.54) is 11.3 Å². The Morgan fingerprint density at radius 1 is 1.24 bits per heavy atom. The van der Waals surface area contributed by atoms with Crippen molar-refractivity contribution in [2.45, 2.75) is 13.0 Å². The molecule has 0 spiro atoms. The Hall–Kier alpha value is -2.41. The Bertz CT molecular complexity index is 614. The van der Waals surface area contributed by atoms with Gasteiger partial charge in [-0.05, 0) is 18.1 Å². The summed E-state index contributed by atoms with van der Waals surface area (Å²) in [5, 5.41) is 17.1. The minimum atomic E-state index is -0.959. The van der Waals surface area contributed by atoms with Crippen molar-refractivity contribution in [3.05, 3.63) is 52.0 Å². The maximum absolute atomic E-state index is 11.6. The van der Waals surface area contributed by atoms with Crippen LogP contribution in [0.5, 0.6) is 0 Å². The fourth-order valence-electron chi connectivity index (χ4n) is 1.82. The van der Waals surface area contributed by atoms with Gasteiger partial charge in [0, 0.05) is 18.1 Å². The average Bonchev–Trinajstić information content (AvgIpc) is 2.99. The molecule has 110 valence electrons. The number of hydrogen-bond donors (Lipinski definition) is 3. The summed E-state index contributed by atoms with van der Waals surface area (Å²) in [4.78, 5) is 26.7. The van der Waals surface area contributed by atoms with Crippen LogP contribution in [0.25, 0.3) is 0 Å². The van der Waals surface area contributed by atoms with Crippen molar-refractivity contribution in [3.8, 4) is 0 Å². The number of carbonyl (C=O) groups is 2. The van der Waals surface area contributed by atoms with Gasteiger partial charge < -0.3 is 15.7 Å². The fraction of sp³-hybridized carbons (Fsp3) is 0.214. The van der Waals surface area contributed by atoms with Crippen LogP contribution in [0.4, 0.5) is 4.79 Å². The number of urea groups is 1. The summed E-state index contributed by atoms with van der Waals surface area (Å²) < 4.78 is 0. The molecule has 0 saturated heterocycles. The number of aromatic nitrogens is 1. The molecule has 0 bridgehead atoms. The van der Waals surface area contributed by atoms with Crippen molar-refractivity contribution >= 4 is 23.3 Å². The van der Waals surface area contributed by atoms with Crippen LogP contribution in [0.1, 0.15) is 20.9 Å². The quantitative estimate of drug-likeness (QED) is 0.760. The molecule has 0 fully saturated rings. The zero-order valence-corrected chi connectivity index (χ0v) is 12.0. The molecule has 3 N–H and O–H groups in total. The Morgan fingerprint density at radius 3 is 2.76 bits per heavy atom. The van der Waals surface area contributed by atoms with Crippen LogP contribution in [0.15, 0.2) is 35.8 Å². The first-order valence-electron chi connectivity index (χ1n) is 6.38. The lowest BCUT2D eigenvalue weighted by Crippen LogP contribution is -2.36. The van der Waals surface area contributed by atoms with E-state index in [2.05, 4.69) is 15.6 Å². The monoisotopic (exact) mass is 305 g/mol. The summed E-state index contributed by atoms with van der Waals surface area (Å²) >= 11 is 1.47. The van der Waals surface area contributed by atoms with Gasteiger partial charge in [0.15, 0.2) is 0 Å². The van der Waals surface area contributed by atoms with Crippen molar-refractivity contribution in [1.82, 2.24) is 15.6 Å². The summed E-state index contributed by atoms with van der Waals surface area (Å²) in [6.45, 7) is 0.753. The molecular weight excluding hydrogens is 290 g/mol. The fourth-order valence-corrected chi connectivity index (χ4v) is 2.37. The van der Waals surface area contributed by atoms with Gasteiger partial charge in [0.25, 0.3) is 0 Å². The second-order valence-corrected chi connectivity index (χ2v) is 5.23. The van der Waals surface area contributed by atoms with Gasteiger partial charge in [-0.1, -0.05) is 18.2 Å². The molecule has 0 aliphatic carbocycles. The highest BCUT2D eigenvalue weighted by atomic mass is 32.1. The second kappa shape index (κ2) is 7.39. The van der Waals surface area contributed by atoms with Gasteiger partial charge >= 0.3 is 12.0 Å². The number of rotatable bonds is 6. The molecule has 0 atom stereocenters. The molecule has 7 heteroatoms. The Balaban J connectivity index is 1.76. The van der Waals surface area contributed by atoms with Gasteiger partial charge in [0.2, 0.25) is 0 Å². The minimum absolute atomic E-state index is 0.266. The van der Waals surface area contributed by atoms with E-state index in [4.69, 9.17) is 5.11 Å². The van der Waals surface area contributed by atoms with Crippen LogP contribution < -0.4 is 10.6 Å². The van der Waals surface area contributed by atoms with Gasteiger partial charge in [0.1, 0.15) is 5.01 Å². The Kier molecular flexibility index (Phi) is 5.28. The molecule has 21 heavy (non-hydrogen) atoms. The third-order valence-corrected chi connectivity index (χ3v) is 3.59. The summed E-state index contributed by atoms with van der Waals surface area (Å²) in [5.41, 5.74) is 0.965. The summed E-state index contributed by atoms with van der Waals surface area (Å²) in [6, 6.07) is 6.47. The summed E-state index contributed by atoms with van der Waals surface area (Å²) in [7, 11) is 0. The lowest BCUT2D eigenvalue weighted by atomic mass is 10.0. The molecule has 6 nitrogen and oxygen atoms in total. The number of carboxylic acids is 1. The van der Waals surface area contributed by atoms with E-state index in [0.29, 0.717) is 25.1 Å². The molecule has 0 aliphatic heterocycles. The lowest BCUT2D eigenvalue weighted by molar-refractivity contribution is 0.0695. The molecule has 1 aromatic carbocycles. The number of thiazole rings is 1. The number of carboxylic acid groups (broad SMARTS) is 1. The maximum atomic E-state index is 11.6. The van der Waals surface area contributed by atoms with Gasteiger partial charge in [-0.2, -0.15) is 0 Å². The SMILES string of the molecule is O=C(NCCc1ccccc1C(=O)O)NCc1nccs1. The van der Waals surface area contributed by atoms with E-state index in [0.717, 1.165) is 5.01 Å². The molecule has 1 heterocycles. The highest BCUT2D eigenvalue weighted by molar-refractivity contribution is 7.09. The van der Waals surface area contributed by atoms with Gasteiger partial charge in [-0.15, -0.1) is 11.3 Å². The van der Waals surface area contributed by atoms with E-state index >= 15 is 0 Å². The number of benzene rings is 1. The maximum Gasteiger partial charge on any atom is 0.335 e. The van der Waals surface area contributed by atoms with E-state index in [9.17, 15) is 9.59 Å². The normalized spacial score (nSPS) is 10.1. The van der Waals surface area contributed by atoms with Crippen LogP contribution in [0, 0.1) is 0 Å². The molecule has 2 rings (SSSR count). The van der Waals surface area contributed by atoms with Crippen molar-refractivity contribution in [2.75, 3.05) is 6.54 Å². The van der Waals surface area contributed by atoms with Crippen LogP contribution in [0.3, 0.4) is 0 Å². The first-order valence-corrected chi connectivity index (χ1v) is 7.26. The standard InChI is InChI=1S/C14H15N3O3S/c18-13(19)11-4-2-1-3-10(11)5-6-16-14(20)17-9-12-15-7-8-21-12/h1-4,7-8H,5-6,9H2,(H,18,19)(H2,16,17,20). The topological polar surface area (TPSA) is 91.3 Å². The van der Waals surface area contributed by atoms with Gasteiger partial charge in [0.05, 0.1) is 12.1 Å². The second-order valence-electron chi connectivity index (χ2n) is 4.25. The number of aromatic carboxylic acids is 1. The first-order chi connectivity index (χ1) is 10.2. The molecule has 0 saturated carbocycles.